The van der Waals surface area contributed by atoms with Crippen molar-refractivity contribution in [1.82, 2.24) is 0 Å². The fourth-order valence-corrected chi connectivity index (χ4v) is 3.95. The van der Waals surface area contributed by atoms with Crippen LogP contribution in [0.1, 0.15) is 26.7 Å². The highest BCUT2D eigenvalue weighted by Gasteiger charge is 2.24. The summed E-state index contributed by atoms with van der Waals surface area (Å²) in [7, 11) is 0. The summed E-state index contributed by atoms with van der Waals surface area (Å²) in [5.74, 6) is 2.00. The smallest absolute Gasteiger partial charge is 0.0603 e. The largest absolute Gasteiger partial charge is 0.179 e. The van der Waals surface area contributed by atoms with E-state index in [4.69, 9.17) is 23.2 Å². The second-order valence-electron chi connectivity index (χ2n) is 4.23. The fourth-order valence-electron chi connectivity index (χ4n) is 1.53. The Morgan fingerprint density at radius 3 is 2.29 bits per heavy atom. The Hall–Kier alpha value is 0.500. The maximum absolute atomic E-state index is 6.01. The summed E-state index contributed by atoms with van der Waals surface area (Å²) in [6.45, 7) is 4.46. The summed E-state index contributed by atoms with van der Waals surface area (Å²) < 4.78 is 0. The van der Waals surface area contributed by atoms with Gasteiger partial charge in [0.05, 0.1) is 10.0 Å². The van der Waals surface area contributed by atoms with Crippen LogP contribution in [0.3, 0.4) is 0 Å². The molecule has 0 spiro atoms. The zero-order chi connectivity index (χ0) is 12.9. The lowest BCUT2D eigenvalue weighted by Gasteiger charge is -2.29. The summed E-state index contributed by atoms with van der Waals surface area (Å²) >= 11 is 18.2. The summed E-state index contributed by atoms with van der Waals surface area (Å²) in [4.78, 5) is 1.17. The van der Waals surface area contributed by atoms with E-state index in [0.29, 0.717) is 15.5 Å². The Morgan fingerprint density at radius 2 is 1.82 bits per heavy atom. The van der Waals surface area contributed by atoms with Crippen molar-refractivity contribution in [2.45, 2.75) is 31.6 Å². The molecule has 4 heteroatoms. The van der Waals surface area contributed by atoms with Gasteiger partial charge in [-0.1, -0.05) is 37.0 Å². The van der Waals surface area contributed by atoms with Crippen LogP contribution in [0.2, 0.25) is 10.0 Å². The first-order valence-corrected chi connectivity index (χ1v) is 8.13. The van der Waals surface area contributed by atoms with Crippen LogP contribution >= 0.6 is 47.6 Å². The Bertz CT molecular complexity index is 354. The van der Waals surface area contributed by atoms with Gasteiger partial charge in [-0.3, -0.25) is 0 Å². The lowest BCUT2D eigenvalue weighted by atomic mass is 9.87. The van der Waals surface area contributed by atoms with E-state index in [1.54, 1.807) is 0 Å². The molecule has 0 unspecified atom stereocenters. The summed E-state index contributed by atoms with van der Waals surface area (Å²) in [5.41, 5.74) is 0.319. The molecule has 0 atom stereocenters. The highest BCUT2D eigenvalue weighted by molar-refractivity contribution is 7.99. The third-order valence-electron chi connectivity index (χ3n) is 3.27. The first kappa shape index (κ1) is 15.6. The second kappa shape index (κ2) is 7.18. The number of thiol groups is 1. The highest BCUT2D eigenvalue weighted by Crippen LogP contribution is 2.36. The van der Waals surface area contributed by atoms with Crippen LogP contribution < -0.4 is 0 Å². The van der Waals surface area contributed by atoms with Gasteiger partial charge in [0.25, 0.3) is 0 Å². The molecule has 0 nitrogen and oxygen atoms in total. The van der Waals surface area contributed by atoms with Gasteiger partial charge in [-0.05, 0) is 42.2 Å². The molecule has 0 aliphatic heterocycles. The summed E-state index contributed by atoms with van der Waals surface area (Å²) in [5, 5.41) is 1.24. The molecule has 0 radical (unpaired) electrons. The van der Waals surface area contributed by atoms with Crippen LogP contribution in [0, 0.1) is 5.41 Å². The molecule has 1 aromatic rings. The Morgan fingerprint density at radius 1 is 1.18 bits per heavy atom. The Balaban J connectivity index is 2.68. The van der Waals surface area contributed by atoms with Crippen LogP contribution in [0.4, 0.5) is 0 Å². The van der Waals surface area contributed by atoms with Crippen molar-refractivity contribution in [2.75, 3.05) is 11.5 Å². The second-order valence-corrected chi connectivity index (χ2v) is 6.41. The predicted octanol–water partition coefficient (Wildman–Crippen LogP) is 5.82. The van der Waals surface area contributed by atoms with Gasteiger partial charge in [0.1, 0.15) is 0 Å². The number of halogens is 2. The molecule has 0 aromatic heterocycles. The van der Waals surface area contributed by atoms with Gasteiger partial charge >= 0.3 is 0 Å². The molecular formula is C13H18Cl2S2. The molecule has 0 aliphatic rings. The van der Waals surface area contributed by atoms with E-state index in [1.807, 2.05) is 30.0 Å². The van der Waals surface area contributed by atoms with Gasteiger partial charge in [-0.2, -0.15) is 12.6 Å². The van der Waals surface area contributed by atoms with E-state index in [9.17, 15) is 0 Å². The van der Waals surface area contributed by atoms with Gasteiger partial charge in [-0.25, -0.2) is 0 Å². The van der Waals surface area contributed by atoms with E-state index in [-0.39, 0.29) is 0 Å². The van der Waals surface area contributed by atoms with E-state index in [2.05, 4.69) is 26.5 Å². The van der Waals surface area contributed by atoms with E-state index in [0.717, 1.165) is 24.3 Å². The maximum Gasteiger partial charge on any atom is 0.0603 e. The standard InChI is InChI=1S/C13H18Cl2S2/c1-3-13(4-2,8-16)9-17-10-5-6-11(14)12(15)7-10/h5-7,16H,3-4,8-9H2,1-2H3. The number of benzene rings is 1. The first-order valence-electron chi connectivity index (χ1n) is 5.75. The Kier molecular flexibility index (Phi) is 6.57. The normalized spacial score (nSPS) is 11.8. The van der Waals surface area contributed by atoms with Crippen LogP contribution in [-0.2, 0) is 0 Å². The highest BCUT2D eigenvalue weighted by atomic mass is 35.5. The minimum absolute atomic E-state index is 0.319. The van der Waals surface area contributed by atoms with Crippen molar-refractivity contribution in [3.63, 3.8) is 0 Å². The number of rotatable bonds is 6. The predicted molar refractivity (Wildman–Crippen MR) is 84.1 cm³/mol. The van der Waals surface area contributed by atoms with Crippen LogP contribution in [0.5, 0.6) is 0 Å². The summed E-state index contributed by atoms with van der Waals surface area (Å²) in [6.07, 6.45) is 2.31. The molecule has 0 amide bonds. The van der Waals surface area contributed by atoms with Crippen molar-refractivity contribution in [2.24, 2.45) is 5.41 Å². The molecule has 0 fully saturated rings. The molecule has 96 valence electrons. The summed E-state index contributed by atoms with van der Waals surface area (Å²) in [6, 6.07) is 5.81. The van der Waals surface area contributed by atoms with Crippen molar-refractivity contribution < 1.29 is 0 Å². The zero-order valence-electron chi connectivity index (χ0n) is 10.2. The third-order valence-corrected chi connectivity index (χ3v) is 6.03. The lowest BCUT2D eigenvalue weighted by Crippen LogP contribution is -2.24. The number of thioether (sulfide) groups is 1. The molecule has 0 N–H and O–H groups in total. The molecule has 1 aromatic carbocycles. The average Bonchev–Trinajstić information content (AvgIpc) is 2.36. The van der Waals surface area contributed by atoms with Gasteiger partial charge in [0.2, 0.25) is 0 Å². The molecular weight excluding hydrogens is 291 g/mol. The molecule has 1 rings (SSSR count). The minimum atomic E-state index is 0.319. The molecule has 0 saturated heterocycles. The van der Waals surface area contributed by atoms with Crippen LogP contribution in [0.15, 0.2) is 23.1 Å². The lowest BCUT2D eigenvalue weighted by molar-refractivity contribution is 0.357. The molecule has 0 heterocycles. The van der Waals surface area contributed by atoms with Crippen molar-refractivity contribution in [3.8, 4) is 0 Å². The van der Waals surface area contributed by atoms with E-state index >= 15 is 0 Å². The van der Waals surface area contributed by atoms with Crippen molar-refractivity contribution >= 4 is 47.6 Å². The number of hydrogen-bond donors (Lipinski definition) is 1. The van der Waals surface area contributed by atoms with Gasteiger partial charge in [-0.15, -0.1) is 11.8 Å². The Labute approximate surface area is 124 Å². The average molecular weight is 309 g/mol. The van der Waals surface area contributed by atoms with Crippen molar-refractivity contribution in [3.05, 3.63) is 28.2 Å². The van der Waals surface area contributed by atoms with Gasteiger partial charge < -0.3 is 0 Å². The first-order chi connectivity index (χ1) is 8.06. The zero-order valence-corrected chi connectivity index (χ0v) is 13.4. The van der Waals surface area contributed by atoms with Crippen LogP contribution in [-0.4, -0.2) is 11.5 Å². The van der Waals surface area contributed by atoms with E-state index < -0.39 is 0 Å². The monoisotopic (exact) mass is 308 g/mol. The topological polar surface area (TPSA) is 0 Å². The third kappa shape index (κ3) is 4.27. The number of hydrogen-bond acceptors (Lipinski definition) is 2. The van der Waals surface area contributed by atoms with Crippen LogP contribution in [0.25, 0.3) is 0 Å². The van der Waals surface area contributed by atoms with Gasteiger partial charge in [0.15, 0.2) is 0 Å². The minimum Gasteiger partial charge on any atom is -0.179 e. The van der Waals surface area contributed by atoms with Gasteiger partial charge in [0, 0.05) is 10.6 Å². The fraction of sp³-hybridized carbons (Fsp3) is 0.538. The molecule has 0 aliphatic carbocycles. The van der Waals surface area contributed by atoms with Crippen molar-refractivity contribution in [1.29, 1.82) is 0 Å². The quantitative estimate of drug-likeness (QED) is 0.510. The van der Waals surface area contributed by atoms with E-state index in [1.165, 1.54) is 4.90 Å². The maximum atomic E-state index is 6.01. The molecule has 0 saturated carbocycles. The molecule has 0 bridgehead atoms. The molecule has 17 heavy (non-hydrogen) atoms. The SMILES string of the molecule is CCC(CC)(CS)CSc1ccc(Cl)c(Cl)c1.